The van der Waals surface area contributed by atoms with Crippen molar-refractivity contribution in [1.82, 2.24) is 0 Å². The Kier molecular flexibility index (Phi) is 9.00. The largest absolute Gasteiger partial charge is 0.336 e. The molecule has 0 atom stereocenters. The molecule has 0 heterocycles. The highest BCUT2D eigenvalue weighted by atomic mass is 31.2. The van der Waals surface area contributed by atoms with Crippen LogP contribution < -0.4 is 10.6 Å². The van der Waals surface area contributed by atoms with E-state index in [1.165, 1.54) is 0 Å². The maximum Gasteiger partial charge on any atom is 0.336 e. The summed E-state index contributed by atoms with van der Waals surface area (Å²) in [6, 6.07) is 26.5. The van der Waals surface area contributed by atoms with Crippen molar-refractivity contribution in [3.63, 3.8) is 0 Å². The lowest BCUT2D eigenvalue weighted by molar-refractivity contribution is 0.223. The van der Waals surface area contributed by atoms with Crippen LogP contribution in [0.1, 0.15) is 25.0 Å². The molecule has 33 heavy (non-hydrogen) atoms. The molecule has 3 aromatic rings. The smallest absolute Gasteiger partial charge is 0.309 e. The highest BCUT2D eigenvalue weighted by Gasteiger charge is 2.31. The quantitative estimate of drug-likeness (QED) is 0.242. The summed E-state index contributed by atoms with van der Waals surface area (Å²) in [6.45, 7) is 6.09. The van der Waals surface area contributed by atoms with Crippen LogP contribution in [0, 0.1) is 6.92 Å². The molecule has 3 aromatic carbocycles. The molecule has 174 valence electrons. The Hall–Kier alpha value is -2.29. The van der Waals surface area contributed by atoms with Gasteiger partial charge in [-0.15, -0.1) is 0 Å². The molecule has 0 aliphatic rings. The van der Waals surface area contributed by atoms with Crippen molar-refractivity contribution in [2.45, 2.75) is 27.2 Å². The Labute approximate surface area is 196 Å². The first-order chi connectivity index (χ1) is 15.9. The van der Waals surface area contributed by atoms with Gasteiger partial charge >= 0.3 is 7.60 Å². The highest BCUT2D eigenvalue weighted by molar-refractivity contribution is 7.77. The fraction of sp³-hybridized carbons (Fsp3) is 0.269. The van der Waals surface area contributed by atoms with Crippen molar-refractivity contribution in [1.29, 1.82) is 0 Å². The molecule has 5 nitrogen and oxygen atoms in total. The fourth-order valence-electron chi connectivity index (χ4n) is 3.53. The van der Waals surface area contributed by atoms with Gasteiger partial charge in [0, 0.05) is 22.7 Å². The molecular weight excluding hydrogens is 452 g/mol. The zero-order chi connectivity index (χ0) is 23.7. The minimum Gasteiger partial charge on any atom is -0.309 e. The summed E-state index contributed by atoms with van der Waals surface area (Å²) >= 11 is 0. The predicted octanol–water partition coefficient (Wildman–Crippen LogP) is 6.17. The minimum atomic E-state index is -3.44. The molecule has 0 spiro atoms. The van der Waals surface area contributed by atoms with Gasteiger partial charge in [-0.3, -0.25) is 9.13 Å². The van der Waals surface area contributed by atoms with Crippen LogP contribution in [0.5, 0.6) is 0 Å². The van der Waals surface area contributed by atoms with Crippen LogP contribution in [0.2, 0.25) is 0 Å². The molecule has 0 amide bonds. The van der Waals surface area contributed by atoms with Crippen LogP contribution in [0.4, 0.5) is 0 Å². The average Bonchev–Trinajstić information content (AvgIpc) is 2.82. The van der Waals surface area contributed by atoms with Gasteiger partial charge in [0.25, 0.3) is 0 Å². The summed E-state index contributed by atoms with van der Waals surface area (Å²) in [7, 11) is -6.84. The lowest BCUT2D eigenvalue weighted by atomic mass is 10.1. The molecule has 0 unspecified atom stereocenters. The Balaban J connectivity index is 2.14. The van der Waals surface area contributed by atoms with E-state index in [-0.39, 0.29) is 19.4 Å². The number of rotatable bonds is 11. The molecule has 0 radical (unpaired) electrons. The van der Waals surface area contributed by atoms with E-state index in [2.05, 4.69) is 0 Å². The van der Waals surface area contributed by atoms with Crippen molar-refractivity contribution in [2.75, 3.05) is 19.4 Å². The van der Waals surface area contributed by atoms with Gasteiger partial charge in [0.1, 0.15) is 0 Å². The van der Waals surface area contributed by atoms with E-state index in [0.29, 0.717) is 22.7 Å². The van der Waals surface area contributed by atoms with Crippen molar-refractivity contribution in [3.05, 3.63) is 96.1 Å². The fourth-order valence-corrected chi connectivity index (χ4v) is 7.54. The third kappa shape index (κ3) is 6.85. The number of hydrogen-bond acceptors (Lipinski definition) is 4. The highest BCUT2D eigenvalue weighted by Crippen LogP contribution is 2.51. The molecule has 7 heteroatoms. The summed E-state index contributed by atoms with van der Waals surface area (Å²) in [5.74, 6) is 0. The van der Waals surface area contributed by atoms with Crippen molar-refractivity contribution in [3.8, 4) is 0 Å². The normalized spacial score (nSPS) is 12.6. The predicted molar refractivity (Wildman–Crippen MR) is 138 cm³/mol. The minimum absolute atomic E-state index is 0.0216. The first-order valence-corrected chi connectivity index (χ1v) is 14.5. The van der Waals surface area contributed by atoms with Crippen LogP contribution >= 0.6 is 14.9 Å². The molecule has 0 saturated heterocycles. The molecule has 0 N–H and O–H groups in total. The molecular formula is C26H31NO4P2. The number of hydrogen-bond donors (Lipinski definition) is 0. The van der Waals surface area contributed by atoms with Gasteiger partial charge in [-0.25, -0.2) is 4.76 Å². The van der Waals surface area contributed by atoms with Gasteiger partial charge in [0.2, 0.25) is 7.29 Å². The topological polar surface area (TPSA) is 65.0 Å². The average molecular weight is 483 g/mol. The van der Waals surface area contributed by atoms with Gasteiger partial charge in [-0.05, 0) is 50.6 Å². The van der Waals surface area contributed by atoms with E-state index in [4.69, 9.17) is 13.8 Å². The van der Waals surface area contributed by atoms with E-state index in [1.54, 1.807) is 13.8 Å². The first kappa shape index (κ1) is 25.3. The van der Waals surface area contributed by atoms with Gasteiger partial charge in [-0.1, -0.05) is 66.2 Å². The molecule has 3 rings (SSSR count). The maximum atomic E-state index is 14.5. The molecule has 0 saturated carbocycles. The molecule has 0 aromatic heterocycles. The lowest BCUT2D eigenvalue weighted by Gasteiger charge is -2.21. The number of nitrogens with zero attached hydrogens (tertiary/aromatic N) is 1. The molecule has 0 fully saturated rings. The second-order valence-corrected chi connectivity index (χ2v) is 12.1. The van der Waals surface area contributed by atoms with E-state index < -0.39 is 14.9 Å². The van der Waals surface area contributed by atoms with Crippen LogP contribution in [-0.2, 0) is 24.6 Å². The van der Waals surface area contributed by atoms with Crippen molar-refractivity contribution in [2.24, 2.45) is 4.76 Å². The Morgan fingerprint density at radius 2 is 1.24 bits per heavy atom. The number of aryl methyl sites for hydroxylation is 1. The molecule has 0 aliphatic carbocycles. The molecule has 0 bridgehead atoms. The van der Waals surface area contributed by atoms with Crippen LogP contribution in [-0.4, -0.2) is 25.1 Å². The van der Waals surface area contributed by atoms with Gasteiger partial charge in [-0.2, -0.15) is 0 Å². The van der Waals surface area contributed by atoms with E-state index >= 15 is 0 Å². The lowest BCUT2D eigenvalue weighted by Crippen LogP contribution is -2.19. The van der Waals surface area contributed by atoms with Gasteiger partial charge < -0.3 is 9.05 Å². The summed E-state index contributed by atoms with van der Waals surface area (Å²) in [6.07, 6.45) is 0.375. The second kappa shape index (κ2) is 11.7. The second-order valence-electron chi connectivity index (χ2n) is 7.68. The van der Waals surface area contributed by atoms with E-state index in [9.17, 15) is 9.13 Å². The summed E-state index contributed by atoms with van der Waals surface area (Å²) in [5.41, 5.74) is 2.66. The van der Waals surface area contributed by atoms with E-state index in [1.807, 2.05) is 91.9 Å². The summed E-state index contributed by atoms with van der Waals surface area (Å²) < 4.78 is 43.9. The third-order valence-electron chi connectivity index (χ3n) is 5.05. The SMILES string of the molecule is CCOP(=O)(C/C(Cc1ccc(C)cc1)=N/P(=O)(c1ccccc1)c1ccccc1)OCC. The summed E-state index contributed by atoms with van der Waals surface area (Å²) in [5, 5.41) is 1.25. The Morgan fingerprint density at radius 1 is 0.758 bits per heavy atom. The third-order valence-corrected chi connectivity index (χ3v) is 9.67. The van der Waals surface area contributed by atoms with Crippen molar-refractivity contribution >= 4 is 31.2 Å². The van der Waals surface area contributed by atoms with Crippen LogP contribution in [0.25, 0.3) is 0 Å². The van der Waals surface area contributed by atoms with Crippen LogP contribution in [0.3, 0.4) is 0 Å². The zero-order valence-electron chi connectivity index (χ0n) is 19.4. The monoisotopic (exact) mass is 483 g/mol. The first-order valence-electron chi connectivity index (χ1n) is 11.1. The standard InChI is InChI=1S/C26H31NO4P2/c1-4-30-32(28,31-5-2)21-24(20-23-18-16-22(3)17-19-23)27-33(29,25-12-8-6-9-13-25)26-14-10-7-11-15-26/h6-19H,4-5,20-21H2,1-3H3/b27-24+. The Bertz CT molecular complexity index is 1090. The molecule has 0 aliphatic heterocycles. The van der Waals surface area contributed by atoms with E-state index in [0.717, 1.165) is 11.1 Å². The van der Waals surface area contributed by atoms with Crippen molar-refractivity contribution < 1.29 is 18.2 Å². The Morgan fingerprint density at radius 3 is 1.70 bits per heavy atom. The van der Waals surface area contributed by atoms with Crippen LogP contribution in [0.15, 0.2) is 89.7 Å². The van der Waals surface area contributed by atoms with Gasteiger partial charge in [0.15, 0.2) is 0 Å². The number of benzene rings is 3. The summed E-state index contributed by atoms with van der Waals surface area (Å²) in [4.78, 5) is 0. The van der Waals surface area contributed by atoms with Gasteiger partial charge in [0.05, 0.1) is 19.4 Å². The maximum absolute atomic E-state index is 14.5. The zero-order valence-corrected chi connectivity index (χ0v) is 21.2.